The number of nitrogen functional groups attached to an aromatic ring is 1. The van der Waals surface area contributed by atoms with E-state index >= 15 is 0 Å². The van der Waals surface area contributed by atoms with E-state index in [1.807, 2.05) is 0 Å². The number of anilines is 1. The number of pyridine rings is 1. The van der Waals surface area contributed by atoms with Crippen molar-refractivity contribution >= 4 is 11.8 Å². The number of carbonyl (C=O) groups is 1. The molecule has 2 unspecified atom stereocenters. The standard InChI is InChI=1S/C11H17N3O4/c1-18-11(17)6-4-7(10(13)14-5-6)9(16)8(15)2-3-12/h4-5,8-9,15-16H,2-3,12H2,1H3,(H2,13,14). The van der Waals surface area contributed by atoms with E-state index in [2.05, 4.69) is 9.72 Å². The normalized spacial score (nSPS) is 14.0. The number of ether oxygens (including phenoxy) is 1. The summed E-state index contributed by atoms with van der Waals surface area (Å²) in [5, 5.41) is 19.6. The zero-order chi connectivity index (χ0) is 13.7. The number of aromatic nitrogens is 1. The molecule has 7 nitrogen and oxygen atoms in total. The molecule has 6 N–H and O–H groups in total. The first-order valence-electron chi connectivity index (χ1n) is 5.41. The Balaban J connectivity index is 3.03. The Hall–Kier alpha value is -1.70. The Morgan fingerprint density at radius 3 is 2.78 bits per heavy atom. The first-order chi connectivity index (χ1) is 8.51. The van der Waals surface area contributed by atoms with Crippen LogP contribution in [0.2, 0.25) is 0 Å². The van der Waals surface area contributed by atoms with Gasteiger partial charge in [0.15, 0.2) is 0 Å². The van der Waals surface area contributed by atoms with Crippen molar-refractivity contribution in [2.75, 3.05) is 19.4 Å². The van der Waals surface area contributed by atoms with Crippen molar-refractivity contribution in [3.05, 3.63) is 23.4 Å². The summed E-state index contributed by atoms with van der Waals surface area (Å²) >= 11 is 0. The van der Waals surface area contributed by atoms with Crippen molar-refractivity contribution in [2.24, 2.45) is 5.73 Å². The summed E-state index contributed by atoms with van der Waals surface area (Å²) in [6.45, 7) is 0.224. The number of hydrogen-bond acceptors (Lipinski definition) is 7. The van der Waals surface area contributed by atoms with Crippen molar-refractivity contribution in [3.8, 4) is 0 Å². The van der Waals surface area contributed by atoms with Crippen molar-refractivity contribution < 1.29 is 19.7 Å². The second-order valence-electron chi connectivity index (χ2n) is 3.78. The lowest BCUT2D eigenvalue weighted by Crippen LogP contribution is -2.23. The number of aliphatic hydroxyl groups excluding tert-OH is 2. The molecular weight excluding hydrogens is 238 g/mol. The second-order valence-corrected chi connectivity index (χ2v) is 3.78. The van der Waals surface area contributed by atoms with Gasteiger partial charge in [-0.25, -0.2) is 9.78 Å². The molecule has 0 radical (unpaired) electrons. The number of rotatable bonds is 5. The number of nitrogens with two attached hydrogens (primary N) is 2. The van der Waals surface area contributed by atoms with Gasteiger partial charge >= 0.3 is 5.97 Å². The van der Waals surface area contributed by atoms with Gasteiger partial charge in [-0.2, -0.15) is 0 Å². The Bertz CT molecular complexity index is 425. The minimum absolute atomic E-state index is 0.0474. The minimum atomic E-state index is -1.24. The van der Waals surface area contributed by atoms with E-state index in [0.717, 1.165) is 0 Å². The van der Waals surface area contributed by atoms with Crippen molar-refractivity contribution in [1.29, 1.82) is 0 Å². The van der Waals surface area contributed by atoms with Crippen LogP contribution in [0.15, 0.2) is 12.3 Å². The third kappa shape index (κ3) is 3.16. The molecule has 0 saturated heterocycles. The highest BCUT2D eigenvalue weighted by Gasteiger charge is 2.22. The molecule has 7 heteroatoms. The van der Waals surface area contributed by atoms with Crippen molar-refractivity contribution in [1.82, 2.24) is 4.98 Å². The highest BCUT2D eigenvalue weighted by molar-refractivity contribution is 5.89. The van der Waals surface area contributed by atoms with Crippen molar-refractivity contribution in [3.63, 3.8) is 0 Å². The van der Waals surface area contributed by atoms with Crippen LogP contribution >= 0.6 is 0 Å². The minimum Gasteiger partial charge on any atom is -0.465 e. The Morgan fingerprint density at radius 1 is 1.56 bits per heavy atom. The smallest absolute Gasteiger partial charge is 0.339 e. The first kappa shape index (κ1) is 14.4. The number of hydrogen-bond donors (Lipinski definition) is 4. The van der Waals surface area contributed by atoms with Gasteiger partial charge in [-0.1, -0.05) is 0 Å². The van der Waals surface area contributed by atoms with E-state index in [9.17, 15) is 15.0 Å². The second kappa shape index (κ2) is 6.29. The molecule has 0 aliphatic heterocycles. The van der Waals surface area contributed by atoms with Gasteiger partial charge in [-0.05, 0) is 19.0 Å². The van der Waals surface area contributed by atoms with Crippen LogP contribution in [-0.4, -0.2) is 40.9 Å². The molecule has 1 rings (SSSR count). The molecule has 0 saturated carbocycles. The summed E-state index contributed by atoms with van der Waals surface area (Å²) in [6, 6.07) is 1.35. The number of aliphatic hydroxyl groups is 2. The van der Waals surface area contributed by atoms with E-state index in [1.165, 1.54) is 19.4 Å². The lowest BCUT2D eigenvalue weighted by atomic mass is 10.0. The molecular formula is C11H17N3O4. The molecule has 0 aromatic carbocycles. The zero-order valence-corrected chi connectivity index (χ0v) is 10.0. The highest BCUT2D eigenvalue weighted by Crippen LogP contribution is 2.24. The lowest BCUT2D eigenvalue weighted by molar-refractivity contribution is 0.0152. The third-order valence-corrected chi connectivity index (χ3v) is 2.52. The van der Waals surface area contributed by atoms with Crippen LogP contribution < -0.4 is 11.5 Å². The van der Waals surface area contributed by atoms with Gasteiger partial charge in [0.25, 0.3) is 0 Å². The lowest BCUT2D eigenvalue weighted by Gasteiger charge is -2.18. The van der Waals surface area contributed by atoms with Crippen LogP contribution in [0.1, 0.15) is 28.4 Å². The monoisotopic (exact) mass is 255 g/mol. The molecule has 0 amide bonds. The topological polar surface area (TPSA) is 132 Å². The summed E-state index contributed by atoms with van der Waals surface area (Å²) in [7, 11) is 1.23. The van der Waals surface area contributed by atoms with Crippen molar-refractivity contribution in [2.45, 2.75) is 18.6 Å². The number of methoxy groups -OCH3 is 1. The summed E-state index contributed by atoms with van der Waals surface area (Å²) < 4.78 is 4.53. The molecule has 1 aromatic heterocycles. The van der Waals surface area contributed by atoms with Crippen LogP contribution in [0.5, 0.6) is 0 Å². The fourth-order valence-electron chi connectivity index (χ4n) is 1.49. The molecule has 0 aliphatic rings. The maximum Gasteiger partial charge on any atom is 0.339 e. The van der Waals surface area contributed by atoms with Crippen LogP contribution in [0.4, 0.5) is 5.82 Å². The Labute approximate surface area is 104 Å². The van der Waals surface area contributed by atoms with Crippen LogP contribution in [0, 0.1) is 0 Å². The predicted molar refractivity (Wildman–Crippen MR) is 64.6 cm³/mol. The number of carbonyl (C=O) groups excluding carboxylic acids is 1. The van der Waals surface area contributed by atoms with Gasteiger partial charge in [0, 0.05) is 11.8 Å². The SMILES string of the molecule is COC(=O)c1cnc(N)c(C(O)C(O)CCN)c1. The van der Waals surface area contributed by atoms with Crippen LogP contribution in [-0.2, 0) is 4.74 Å². The number of esters is 1. The summed E-state index contributed by atoms with van der Waals surface area (Å²) in [4.78, 5) is 15.1. The van der Waals surface area contributed by atoms with Gasteiger partial charge in [0.05, 0.1) is 18.8 Å². The van der Waals surface area contributed by atoms with Gasteiger partial charge in [-0.15, -0.1) is 0 Å². The zero-order valence-electron chi connectivity index (χ0n) is 10.0. The summed E-state index contributed by atoms with van der Waals surface area (Å²) in [5.41, 5.74) is 11.2. The highest BCUT2D eigenvalue weighted by atomic mass is 16.5. The van der Waals surface area contributed by atoms with Gasteiger partial charge < -0.3 is 26.4 Å². The largest absolute Gasteiger partial charge is 0.465 e. The predicted octanol–water partition coefficient (Wildman–Crippen LogP) is -0.806. The quantitative estimate of drug-likeness (QED) is 0.506. The van der Waals surface area contributed by atoms with Gasteiger partial charge in [0.1, 0.15) is 11.9 Å². The summed E-state index contributed by atoms with van der Waals surface area (Å²) in [6.07, 6.45) is -0.854. The molecule has 0 spiro atoms. The third-order valence-electron chi connectivity index (χ3n) is 2.52. The fraction of sp³-hybridized carbons (Fsp3) is 0.455. The summed E-state index contributed by atoms with van der Waals surface area (Å²) in [5.74, 6) is -0.546. The van der Waals surface area contributed by atoms with Gasteiger partial charge in [-0.3, -0.25) is 0 Å². The van der Waals surface area contributed by atoms with Crippen LogP contribution in [0.3, 0.4) is 0 Å². The maximum atomic E-state index is 11.3. The van der Waals surface area contributed by atoms with E-state index in [4.69, 9.17) is 11.5 Å². The van der Waals surface area contributed by atoms with Crippen LogP contribution in [0.25, 0.3) is 0 Å². The fourth-order valence-corrected chi connectivity index (χ4v) is 1.49. The molecule has 1 heterocycles. The Kier molecular flexibility index (Phi) is 5.02. The Morgan fingerprint density at radius 2 is 2.22 bits per heavy atom. The average Bonchev–Trinajstić information content (AvgIpc) is 2.37. The molecule has 2 atom stereocenters. The molecule has 18 heavy (non-hydrogen) atoms. The maximum absolute atomic E-state index is 11.3. The number of nitrogens with zero attached hydrogens (tertiary/aromatic N) is 1. The van der Waals surface area contributed by atoms with E-state index in [0.29, 0.717) is 0 Å². The van der Waals surface area contributed by atoms with Gasteiger partial charge in [0.2, 0.25) is 0 Å². The van der Waals surface area contributed by atoms with E-state index in [1.54, 1.807) is 0 Å². The molecule has 0 bridgehead atoms. The average molecular weight is 255 g/mol. The molecule has 100 valence electrons. The molecule has 1 aromatic rings. The first-order valence-corrected chi connectivity index (χ1v) is 5.41. The van der Waals surface area contributed by atoms with E-state index < -0.39 is 18.2 Å². The van der Waals surface area contributed by atoms with E-state index in [-0.39, 0.29) is 29.9 Å². The molecule has 0 fully saturated rings. The molecule has 0 aliphatic carbocycles.